The molecule has 0 bridgehead atoms. The topological polar surface area (TPSA) is 85.7 Å². The zero-order chi connectivity index (χ0) is 13.0. The van der Waals surface area contributed by atoms with E-state index in [0.29, 0.717) is 11.5 Å². The molecule has 0 spiro atoms. The number of aromatic nitrogens is 5. The first kappa shape index (κ1) is 12.0. The summed E-state index contributed by atoms with van der Waals surface area (Å²) < 4.78 is 6.54. The van der Waals surface area contributed by atoms with Crippen molar-refractivity contribution in [3.63, 3.8) is 0 Å². The Hall–Kier alpha value is -2.44. The number of methoxy groups -OCH3 is 1. The maximum absolute atomic E-state index is 11.4. The molecule has 0 aliphatic rings. The fraction of sp³-hybridized carbons (Fsp3) is 0.273. The van der Waals surface area contributed by atoms with E-state index in [1.165, 1.54) is 13.3 Å². The Balaban J connectivity index is 2.18. The molecule has 0 aliphatic heterocycles. The Bertz CT molecular complexity index is 614. The van der Waals surface area contributed by atoms with Gasteiger partial charge in [0.2, 0.25) is 5.75 Å². The lowest BCUT2D eigenvalue weighted by atomic mass is 10.4. The second-order valence-corrected chi connectivity index (χ2v) is 3.50. The van der Waals surface area contributed by atoms with Crippen LogP contribution < -0.4 is 10.3 Å². The SMILES string of the molecule is CCn1cc(/C=C/c2ncc(OC)c(=O)[nH]2)nn1. The summed E-state index contributed by atoms with van der Waals surface area (Å²) in [6.45, 7) is 2.74. The normalized spacial score (nSPS) is 11.0. The molecule has 0 amide bonds. The fourth-order valence-electron chi connectivity index (χ4n) is 1.34. The molecule has 2 aromatic heterocycles. The van der Waals surface area contributed by atoms with E-state index >= 15 is 0 Å². The monoisotopic (exact) mass is 247 g/mol. The molecule has 7 heteroatoms. The first-order valence-corrected chi connectivity index (χ1v) is 5.44. The molecule has 0 fully saturated rings. The lowest BCUT2D eigenvalue weighted by Crippen LogP contribution is -2.11. The van der Waals surface area contributed by atoms with Crippen molar-refractivity contribution >= 4 is 12.2 Å². The fourth-order valence-corrected chi connectivity index (χ4v) is 1.34. The van der Waals surface area contributed by atoms with Gasteiger partial charge in [-0.25, -0.2) is 4.98 Å². The van der Waals surface area contributed by atoms with E-state index in [0.717, 1.165) is 6.54 Å². The summed E-state index contributed by atoms with van der Waals surface area (Å²) in [5.41, 5.74) is 0.389. The zero-order valence-corrected chi connectivity index (χ0v) is 10.1. The predicted octanol–water partition coefficient (Wildman–Crippen LogP) is 0.560. The van der Waals surface area contributed by atoms with Crippen molar-refractivity contribution in [2.45, 2.75) is 13.5 Å². The van der Waals surface area contributed by atoms with E-state index in [2.05, 4.69) is 20.3 Å². The largest absolute Gasteiger partial charge is 0.490 e. The second kappa shape index (κ2) is 5.26. The number of hydrogen-bond donors (Lipinski definition) is 1. The molecule has 0 unspecified atom stereocenters. The lowest BCUT2D eigenvalue weighted by Gasteiger charge is -1.97. The molecule has 2 aromatic rings. The van der Waals surface area contributed by atoms with Crippen LogP contribution in [0.1, 0.15) is 18.4 Å². The van der Waals surface area contributed by atoms with E-state index in [9.17, 15) is 4.79 Å². The molecular formula is C11H13N5O2. The van der Waals surface area contributed by atoms with Gasteiger partial charge in [-0.1, -0.05) is 5.21 Å². The lowest BCUT2D eigenvalue weighted by molar-refractivity contribution is 0.406. The third kappa shape index (κ3) is 2.62. The van der Waals surface area contributed by atoms with Gasteiger partial charge in [0, 0.05) is 6.54 Å². The highest BCUT2D eigenvalue weighted by Gasteiger charge is 2.00. The summed E-state index contributed by atoms with van der Waals surface area (Å²) in [6.07, 6.45) is 6.56. The van der Waals surface area contributed by atoms with Gasteiger partial charge in [0.05, 0.1) is 19.5 Å². The van der Waals surface area contributed by atoms with Gasteiger partial charge in [0.25, 0.3) is 5.56 Å². The average Bonchev–Trinajstić information content (AvgIpc) is 2.84. The molecule has 0 saturated heterocycles. The smallest absolute Gasteiger partial charge is 0.293 e. The number of ether oxygens (including phenoxy) is 1. The van der Waals surface area contributed by atoms with E-state index in [1.807, 2.05) is 6.92 Å². The zero-order valence-electron chi connectivity index (χ0n) is 10.1. The molecule has 0 aromatic carbocycles. The van der Waals surface area contributed by atoms with Gasteiger partial charge >= 0.3 is 0 Å². The van der Waals surface area contributed by atoms with Crippen LogP contribution >= 0.6 is 0 Å². The maximum atomic E-state index is 11.4. The summed E-state index contributed by atoms with van der Waals surface area (Å²) in [7, 11) is 1.42. The van der Waals surface area contributed by atoms with Gasteiger partial charge in [-0.05, 0) is 19.1 Å². The van der Waals surface area contributed by atoms with Crippen LogP contribution in [0.25, 0.3) is 12.2 Å². The van der Waals surface area contributed by atoms with Gasteiger partial charge in [-0.3, -0.25) is 9.48 Å². The van der Waals surface area contributed by atoms with E-state index in [-0.39, 0.29) is 11.3 Å². The number of H-pyrrole nitrogens is 1. The molecule has 0 aliphatic carbocycles. The van der Waals surface area contributed by atoms with E-state index in [1.54, 1.807) is 23.0 Å². The van der Waals surface area contributed by atoms with Crippen molar-refractivity contribution in [1.82, 2.24) is 25.0 Å². The Morgan fingerprint density at radius 1 is 1.50 bits per heavy atom. The highest BCUT2D eigenvalue weighted by atomic mass is 16.5. The number of aryl methyl sites for hydroxylation is 1. The van der Waals surface area contributed by atoms with Crippen molar-refractivity contribution in [2.75, 3.05) is 7.11 Å². The van der Waals surface area contributed by atoms with Crippen LogP contribution in [0.4, 0.5) is 0 Å². The quantitative estimate of drug-likeness (QED) is 0.853. The molecule has 2 rings (SSSR count). The van der Waals surface area contributed by atoms with E-state index < -0.39 is 0 Å². The highest BCUT2D eigenvalue weighted by Crippen LogP contribution is 2.02. The first-order chi connectivity index (χ1) is 8.72. The molecule has 94 valence electrons. The van der Waals surface area contributed by atoms with Crippen LogP contribution in [-0.4, -0.2) is 32.1 Å². The van der Waals surface area contributed by atoms with Crippen LogP contribution in [0.3, 0.4) is 0 Å². The van der Waals surface area contributed by atoms with Crippen LogP contribution in [0, 0.1) is 0 Å². The van der Waals surface area contributed by atoms with Crippen LogP contribution in [0.2, 0.25) is 0 Å². The summed E-state index contributed by atoms with van der Waals surface area (Å²) in [5, 5.41) is 7.83. The second-order valence-electron chi connectivity index (χ2n) is 3.50. The molecule has 7 nitrogen and oxygen atoms in total. The van der Waals surface area contributed by atoms with Gasteiger partial charge < -0.3 is 9.72 Å². The third-order valence-corrected chi connectivity index (χ3v) is 2.30. The van der Waals surface area contributed by atoms with E-state index in [4.69, 9.17) is 4.74 Å². The number of aromatic amines is 1. The molecule has 2 heterocycles. The third-order valence-electron chi connectivity index (χ3n) is 2.30. The minimum atomic E-state index is -0.315. The Morgan fingerprint density at radius 3 is 2.94 bits per heavy atom. The Labute approximate surface area is 103 Å². The van der Waals surface area contributed by atoms with Crippen LogP contribution in [-0.2, 0) is 6.54 Å². The number of rotatable bonds is 4. The van der Waals surface area contributed by atoms with Crippen molar-refractivity contribution in [2.24, 2.45) is 0 Å². The molecule has 0 saturated carbocycles. The number of nitrogens with zero attached hydrogens (tertiary/aromatic N) is 4. The number of nitrogens with one attached hydrogen (secondary N) is 1. The molecule has 0 radical (unpaired) electrons. The minimum Gasteiger partial charge on any atom is -0.490 e. The van der Waals surface area contributed by atoms with Crippen molar-refractivity contribution in [1.29, 1.82) is 0 Å². The minimum absolute atomic E-state index is 0.184. The van der Waals surface area contributed by atoms with Crippen molar-refractivity contribution in [3.8, 4) is 5.75 Å². The summed E-state index contributed by atoms with van der Waals surface area (Å²) in [5.74, 6) is 0.621. The Morgan fingerprint density at radius 2 is 2.33 bits per heavy atom. The van der Waals surface area contributed by atoms with Gasteiger partial charge in [0.1, 0.15) is 11.5 Å². The summed E-state index contributed by atoms with van der Waals surface area (Å²) >= 11 is 0. The molecular weight excluding hydrogens is 234 g/mol. The van der Waals surface area contributed by atoms with Crippen LogP contribution in [0.5, 0.6) is 5.75 Å². The van der Waals surface area contributed by atoms with Crippen LogP contribution in [0.15, 0.2) is 17.2 Å². The van der Waals surface area contributed by atoms with Gasteiger partial charge in [0.15, 0.2) is 0 Å². The molecule has 18 heavy (non-hydrogen) atoms. The molecule has 1 N–H and O–H groups in total. The molecule has 0 atom stereocenters. The van der Waals surface area contributed by atoms with Gasteiger partial charge in [-0.2, -0.15) is 0 Å². The number of hydrogen-bond acceptors (Lipinski definition) is 5. The average molecular weight is 247 g/mol. The highest BCUT2D eigenvalue weighted by molar-refractivity contribution is 5.63. The standard InChI is InChI=1S/C11H13N5O2/c1-3-16-7-8(14-15-16)4-5-10-12-6-9(18-2)11(17)13-10/h4-7H,3H2,1-2H3,(H,12,13,17)/b5-4+. The summed E-state index contributed by atoms with van der Waals surface area (Å²) in [6, 6.07) is 0. The van der Waals surface area contributed by atoms with Crippen molar-refractivity contribution < 1.29 is 4.74 Å². The van der Waals surface area contributed by atoms with Gasteiger partial charge in [-0.15, -0.1) is 5.10 Å². The van der Waals surface area contributed by atoms with Crippen molar-refractivity contribution in [3.05, 3.63) is 34.3 Å². The predicted molar refractivity (Wildman–Crippen MR) is 66.0 cm³/mol. The Kier molecular flexibility index (Phi) is 3.52. The summed E-state index contributed by atoms with van der Waals surface area (Å²) in [4.78, 5) is 18.1. The maximum Gasteiger partial charge on any atom is 0.293 e. The first-order valence-electron chi connectivity index (χ1n) is 5.44.